The second-order valence-electron chi connectivity index (χ2n) is 4.86. The lowest BCUT2D eigenvalue weighted by molar-refractivity contribution is -0.137. The molecule has 1 rings (SSSR count). The minimum absolute atomic E-state index is 0.0352. The van der Waals surface area contributed by atoms with Crippen molar-refractivity contribution in [1.29, 1.82) is 0 Å². The first-order valence-corrected chi connectivity index (χ1v) is 7.17. The summed E-state index contributed by atoms with van der Waals surface area (Å²) in [4.78, 5) is 35.3. The molecule has 21 heavy (non-hydrogen) atoms. The van der Waals surface area contributed by atoms with Crippen LogP contribution in [-0.2, 0) is 14.3 Å². The first-order chi connectivity index (χ1) is 10.1. The third kappa shape index (κ3) is 8.98. The van der Waals surface area contributed by atoms with Crippen LogP contribution in [0.15, 0.2) is 0 Å². The molecular weight excluding hydrogens is 278 g/mol. The fraction of sp³-hybridized carbons (Fsp3) is 0.769. The van der Waals surface area contributed by atoms with Gasteiger partial charge in [0.1, 0.15) is 0 Å². The minimum atomic E-state index is -0.949. The van der Waals surface area contributed by atoms with Gasteiger partial charge in [-0.05, 0) is 19.4 Å². The van der Waals surface area contributed by atoms with E-state index in [1.54, 1.807) is 0 Å². The zero-order valence-electron chi connectivity index (χ0n) is 12.1. The highest BCUT2D eigenvalue weighted by atomic mass is 16.5. The Morgan fingerprint density at radius 2 is 1.81 bits per heavy atom. The van der Waals surface area contributed by atoms with Gasteiger partial charge in [-0.15, -0.1) is 0 Å². The molecule has 1 heterocycles. The van der Waals surface area contributed by atoms with Gasteiger partial charge in [-0.2, -0.15) is 0 Å². The van der Waals surface area contributed by atoms with E-state index in [0.717, 1.165) is 39.3 Å². The number of rotatable bonds is 8. The number of morpholine rings is 1. The van der Waals surface area contributed by atoms with Gasteiger partial charge in [-0.25, -0.2) is 4.79 Å². The molecule has 3 amide bonds. The van der Waals surface area contributed by atoms with E-state index in [1.807, 2.05) is 0 Å². The predicted molar refractivity (Wildman–Crippen MR) is 74.9 cm³/mol. The van der Waals surface area contributed by atoms with E-state index in [0.29, 0.717) is 6.54 Å². The maximum absolute atomic E-state index is 11.4. The Balaban J connectivity index is 1.99. The summed E-state index contributed by atoms with van der Waals surface area (Å²) in [7, 11) is 0. The lowest BCUT2D eigenvalue weighted by Gasteiger charge is -2.26. The molecule has 0 aromatic rings. The average Bonchev–Trinajstić information content (AvgIpc) is 2.44. The molecule has 8 heteroatoms. The second kappa shape index (κ2) is 10.1. The van der Waals surface area contributed by atoms with E-state index in [9.17, 15) is 14.4 Å². The van der Waals surface area contributed by atoms with Crippen molar-refractivity contribution >= 4 is 17.9 Å². The van der Waals surface area contributed by atoms with Gasteiger partial charge in [0.05, 0.1) is 13.2 Å². The molecule has 0 unspecified atom stereocenters. The van der Waals surface area contributed by atoms with E-state index in [1.165, 1.54) is 0 Å². The van der Waals surface area contributed by atoms with Crippen LogP contribution in [0.25, 0.3) is 0 Å². The zero-order chi connectivity index (χ0) is 15.5. The summed E-state index contributed by atoms with van der Waals surface area (Å²) in [6, 6.07) is -0.530. The van der Waals surface area contributed by atoms with Crippen molar-refractivity contribution in [2.45, 2.75) is 25.7 Å². The number of hydrogen-bond donors (Lipinski definition) is 3. The van der Waals surface area contributed by atoms with E-state index >= 15 is 0 Å². The van der Waals surface area contributed by atoms with Gasteiger partial charge < -0.3 is 15.2 Å². The van der Waals surface area contributed by atoms with Crippen LogP contribution < -0.4 is 10.6 Å². The number of carbonyl (C=O) groups is 3. The van der Waals surface area contributed by atoms with Crippen molar-refractivity contribution in [3.63, 3.8) is 0 Å². The summed E-state index contributed by atoms with van der Waals surface area (Å²) >= 11 is 0. The molecule has 3 N–H and O–H groups in total. The van der Waals surface area contributed by atoms with Crippen LogP contribution in [0, 0.1) is 0 Å². The summed E-state index contributed by atoms with van der Waals surface area (Å²) in [6.07, 6.45) is 0.994. The molecule has 8 nitrogen and oxygen atoms in total. The van der Waals surface area contributed by atoms with Gasteiger partial charge in [0, 0.05) is 32.5 Å². The summed E-state index contributed by atoms with van der Waals surface area (Å²) in [5.74, 6) is -1.41. The smallest absolute Gasteiger partial charge is 0.321 e. The molecule has 0 bridgehead atoms. The third-order valence-corrected chi connectivity index (χ3v) is 3.09. The van der Waals surface area contributed by atoms with Crippen molar-refractivity contribution < 1.29 is 24.2 Å². The third-order valence-electron chi connectivity index (χ3n) is 3.09. The highest BCUT2D eigenvalue weighted by Crippen LogP contribution is 1.97. The second-order valence-corrected chi connectivity index (χ2v) is 4.86. The van der Waals surface area contributed by atoms with E-state index in [4.69, 9.17) is 9.84 Å². The average molecular weight is 301 g/mol. The zero-order valence-corrected chi connectivity index (χ0v) is 12.1. The first kappa shape index (κ1) is 17.4. The van der Waals surface area contributed by atoms with E-state index < -0.39 is 17.9 Å². The van der Waals surface area contributed by atoms with Crippen LogP contribution in [0.2, 0.25) is 0 Å². The molecule has 1 aliphatic rings. The van der Waals surface area contributed by atoms with Crippen LogP contribution in [0.1, 0.15) is 25.7 Å². The standard InChI is InChI=1S/C13H23N3O5/c17-11(3-1-4-12(18)19)15-13(20)14-5-2-6-16-7-9-21-10-8-16/h1-10H2,(H,18,19)(H2,14,15,17,20). The summed E-state index contributed by atoms with van der Waals surface area (Å²) in [5, 5.41) is 13.2. The number of amides is 3. The number of ether oxygens (including phenoxy) is 1. The van der Waals surface area contributed by atoms with Gasteiger partial charge in [0.15, 0.2) is 0 Å². The Morgan fingerprint density at radius 1 is 1.10 bits per heavy atom. The molecule has 1 fully saturated rings. The maximum atomic E-state index is 11.4. The van der Waals surface area contributed by atoms with Gasteiger partial charge in [0.2, 0.25) is 5.91 Å². The lowest BCUT2D eigenvalue weighted by atomic mass is 10.2. The number of nitrogens with zero attached hydrogens (tertiary/aromatic N) is 1. The molecule has 0 radical (unpaired) electrons. The highest BCUT2D eigenvalue weighted by Gasteiger charge is 2.10. The number of carbonyl (C=O) groups excluding carboxylic acids is 2. The fourth-order valence-electron chi connectivity index (χ4n) is 1.96. The summed E-state index contributed by atoms with van der Waals surface area (Å²) in [5.41, 5.74) is 0. The Hall–Kier alpha value is -1.67. The summed E-state index contributed by atoms with van der Waals surface area (Å²) < 4.78 is 5.24. The summed E-state index contributed by atoms with van der Waals surface area (Å²) in [6.45, 7) is 4.70. The fourth-order valence-corrected chi connectivity index (χ4v) is 1.96. The molecule has 1 saturated heterocycles. The number of urea groups is 1. The Morgan fingerprint density at radius 3 is 2.48 bits per heavy atom. The number of imide groups is 1. The van der Waals surface area contributed by atoms with Crippen LogP contribution >= 0.6 is 0 Å². The van der Waals surface area contributed by atoms with Crippen molar-refractivity contribution in [1.82, 2.24) is 15.5 Å². The van der Waals surface area contributed by atoms with Gasteiger partial charge in [0.25, 0.3) is 0 Å². The molecule has 0 spiro atoms. The molecule has 1 aliphatic heterocycles. The number of hydrogen-bond acceptors (Lipinski definition) is 5. The topological polar surface area (TPSA) is 108 Å². The molecule has 0 atom stereocenters. The van der Waals surface area contributed by atoms with Crippen molar-refractivity contribution in [2.24, 2.45) is 0 Å². The molecule has 0 saturated carbocycles. The number of nitrogens with one attached hydrogen (secondary N) is 2. The largest absolute Gasteiger partial charge is 0.481 e. The Bertz CT molecular complexity index is 356. The lowest BCUT2D eigenvalue weighted by Crippen LogP contribution is -2.41. The molecule has 0 aliphatic carbocycles. The van der Waals surface area contributed by atoms with Crippen molar-refractivity contribution in [2.75, 3.05) is 39.4 Å². The Kier molecular flexibility index (Phi) is 8.37. The van der Waals surface area contributed by atoms with Crippen LogP contribution in [-0.4, -0.2) is 67.3 Å². The molecule has 0 aromatic carbocycles. The number of aliphatic carboxylic acids is 1. The van der Waals surface area contributed by atoms with Crippen molar-refractivity contribution in [3.05, 3.63) is 0 Å². The minimum Gasteiger partial charge on any atom is -0.481 e. The molecule has 0 aromatic heterocycles. The van der Waals surface area contributed by atoms with Crippen LogP contribution in [0.4, 0.5) is 4.79 Å². The van der Waals surface area contributed by atoms with E-state index in [-0.39, 0.29) is 19.3 Å². The highest BCUT2D eigenvalue weighted by molar-refractivity contribution is 5.94. The number of carboxylic acids is 1. The predicted octanol–water partition coefficient (Wildman–Crippen LogP) is -0.211. The normalized spacial score (nSPS) is 15.4. The van der Waals surface area contributed by atoms with Crippen LogP contribution in [0.5, 0.6) is 0 Å². The quantitative estimate of drug-likeness (QED) is 0.535. The van der Waals surface area contributed by atoms with Gasteiger partial charge >= 0.3 is 12.0 Å². The van der Waals surface area contributed by atoms with Crippen LogP contribution in [0.3, 0.4) is 0 Å². The van der Waals surface area contributed by atoms with Crippen molar-refractivity contribution in [3.8, 4) is 0 Å². The maximum Gasteiger partial charge on any atom is 0.321 e. The first-order valence-electron chi connectivity index (χ1n) is 7.17. The van der Waals surface area contributed by atoms with E-state index in [2.05, 4.69) is 15.5 Å². The Labute approximate surface area is 123 Å². The number of carboxylic acid groups (broad SMARTS) is 1. The monoisotopic (exact) mass is 301 g/mol. The molecule has 120 valence electrons. The molecular formula is C13H23N3O5. The van der Waals surface area contributed by atoms with Gasteiger partial charge in [-0.1, -0.05) is 0 Å². The SMILES string of the molecule is O=C(O)CCCC(=O)NC(=O)NCCCN1CCOCC1. The van der Waals surface area contributed by atoms with Gasteiger partial charge in [-0.3, -0.25) is 19.8 Å².